The van der Waals surface area contributed by atoms with Crippen LogP contribution >= 0.6 is 11.3 Å². The minimum atomic E-state index is -0.644. The van der Waals surface area contributed by atoms with Gasteiger partial charge >= 0.3 is 6.09 Å². The van der Waals surface area contributed by atoms with E-state index in [1.807, 2.05) is 35.7 Å². The summed E-state index contributed by atoms with van der Waals surface area (Å²) in [5.41, 5.74) is 2.79. The van der Waals surface area contributed by atoms with Gasteiger partial charge in [0.2, 0.25) is 5.91 Å². The molecule has 0 saturated heterocycles. The van der Waals surface area contributed by atoms with Crippen molar-refractivity contribution in [3.8, 4) is 22.5 Å². The Kier molecular flexibility index (Phi) is 6.18. The van der Waals surface area contributed by atoms with Gasteiger partial charge in [-0.15, -0.1) is 11.3 Å². The van der Waals surface area contributed by atoms with E-state index in [0.29, 0.717) is 5.13 Å². The van der Waals surface area contributed by atoms with Crippen molar-refractivity contribution in [1.29, 1.82) is 0 Å². The predicted octanol–water partition coefficient (Wildman–Crippen LogP) is 3.73. The summed E-state index contributed by atoms with van der Waals surface area (Å²) < 4.78 is 5.10. The summed E-state index contributed by atoms with van der Waals surface area (Å²) in [6.45, 7) is 5.06. The van der Waals surface area contributed by atoms with Gasteiger partial charge in [0.25, 0.3) is 0 Å². The van der Waals surface area contributed by atoms with Crippen LogP contribution in [0.2, 0.25) is 0 Å². The molecule has 8 nitrogen and oxygen atoms in total. The first-order valence-electron chi connectivity index (χ1n) is 8.89. The van der Waals surface area contributed by atoms with Crippen LogP contribution in [0.25, 0.3) is 22.5 Å². The fraction of sp³-hybridized carbons (Fsp3) is 0.250. The van der Waals surface area contributed by atoms with E-state index in [0.717, 1.165) is 22.5 Å². The van der Waals surface area contributed by atoms with Crippen LogP contribution in [0.15, 0.2) is 48.2 Å². The number of carbonyl (C=O) groups is 2. The first-order chi connectivity index (χ1) is 13.8. The van der Waals surface area contributed by atoms with Gasteiger partial charge in [-0.2, -0.15) is 0 Å². The van der Waals surface area contributed by atoms with E-state index in [-0.39, 0.29) is 12.5 Å². The van der Waals surface area contributed by atoms with Crippen molar-refractivity contribution in [2.45, 2.75) is 26.4 Å². The first kappa shape index (κ1) is 20.4. The van der Waals surface area contributed by atoms with Gasteiger partial charge in [-0.1, -0.05) is 18.2 Å². The molecular weight excluding hydrogens is 390 g/mol. The Morgan fingerprint density at radius 2 is 1.90 bits per heavy atom. The molecule has 3 rings (SSSR count). The number of nitrogens with zero attached hydrogens (tertiary/aromatic N) is 3. The molecule has 0 aliphatic carbocycles. The van der Waals surface area contributed by atoms with Crippen LogP contribution in [-0.4, -0.2) is 39.1 Å². The Balaban J connectivity index is 1.61. The van der Waals surface area contributed by atoms with Crippen molar-refractivity contribution in [1.82, 2.24) is 20.3 Å². The van der Waals surface area contributed by atoms with E-state index in [4.69, 9.17) is 4.74 Å². The highest BCUT2D eigenvalue weighted by Crippen LogP contribution is 2.28. The predicted molar refractivity (Wildman–Crippen MR) is 111 cm³/mol. The summed E-state index contributed by atoms with van der Waals surface area (Å²) in [7, 11) is 0. The fourth-order valence-corrected chi connectivity index (χ4v) is 3.13. The average molecular weight is 411 g/mol. The lowest BCUT2D eigenvalue weighted by Crippen LogP contribution is -2.37. The zero-order chi connectivity index (χ0) is 20.9. The number of amides is 2. The molecule has 0 saturated carbocycles. The molecule has 9 heteroatoms. The van der Waals surface area contributed by atoms with Crippen LogP contribution in [0.4, 0.5) is 9.93 Å². The summed E-state index contributed by atoms with van der Waals surface area (Å²) in [5, 5.41) is 7.39. The molecule has 0 spiro atoms. The number of carbonyl (C=O) groups excluding carboxylic acids is 2. The van der Waals surface area contributed by atoms with Crippen molar-refractivity contribution in [3.05, 3.63) is 48.2 Å². The number of hydrogen-bond donors (Lipinski definition) is 2. The highest BCUT2D eigenvalue weighted by molar-refractivity contribution is 7.14. The molecule has 29 heavy (non-hydrogen) atoms. The van der Waals surface area contributed by atoms with E-state index < -0.39 is 11.7 Å². The van der Waals surface area contributed by atoms with E-state index in [1.165, 1.54) is 17.7 Å². The van der Waals surface area contributed by atoms with Gasteiger partial charge in [0.05, 0.1) is 11.4 Å². The quantitative estimate of drug-likeness (QED) is 0.663. The third kappa shape index (κ3) is 6.08. The summed E-state index contributed by atoms with van der Waals surface area (Å²) in [4.78, 5) is 36.3. The molecule has 0 bridgehead atoms. The van der Waals surface area contributed by atoms with Crippen LogP contribution in [0, 0.1) is 0 Å². The lowest BCUT2D eigenvalue weighted by Gasteiger charge is -2.19. The minimum Gasteiger partial charge on any atom is -0.444 e. The van der Waals surface area contributed by atoms with Gasteiger partial charge in [-0.25, -0.2) is 19.7 Å². The number of hydrogen-bond acceptors (Lipinski definition) is 7. The number of nitrogens with one attached hydrogen (secondary N) is 2. The largest absolute Gasteiger partial charge is 0.444 e. The summed E-state index contributed by atoms with van der Waals surface area (Å²) >= 11 is 1.31. The standard InChI is InChI=1S/C20H21N5O3S/c1-20(2,3)28-19(27)22-10-17(26)25-18-24-16(11-29-18)14-6-4-5-13(9-14)15-7-8-21-12-23-15/h4-9,11-12H,10H2,1-3H3,(H,22,27)(H,24,25,26). The molecule has 2 heterocycles. The zero-order valence-corrected chi connectivity index (χ0v) is 17.1. The lowest BCUT2D eigenvalue weighted by molar-refractivity contribution is -0.115. The topological polar surface area (TPSA) is 106 Å². The number of thiazole rings is 1. The van der Waals surface area contributed by atoms with Crippen LogP contribution in [0.5, 0.6) is 0 Å². The molecule has 0 aliphatic heterocycles. The maximum Gasteiger partial charge on any atom is 0.408 e. The molecule has 0 fully saturated rings. The molecule has 150 valence electrons. The number of benzene rings is 1. The van der Waals surface area contributed by atoms with Gasteiger partial charge in [0.1, 0.15) is 18.5 Å². The van der Waals surface area contributed by atoms with Crippen molar-refractivity contribution < 1.29 is 14.3 Å². The third-order valence-corrected chi connectivity index (χ3v) is 4.34. The van der Waals surface area contributed by atoms with Crippen LogP contribution in [0.3, 0.4) is 0 Å². The second kappa shape index (κ2) is 8.78. The molecule has 2 amide bonds. The third-order valence-electron chi connectivity index (χ3n) is 3.58. The Morgan fingerprint density at radius 3 is 2.59 bits per heavy atom. The maximum atomic E-state index is 12.0. The van der Waals surface area contributed by atoms with Gasteiger partial charge in [-0.05, 0) is 32.9 Å². The van der Waals surface area contributed by atoms with Crippen molar-refractivity contribution in [3.63, 3.8) is 0 Å². The number of rotatable bonds is 5. The molecule has 2 N–H and O–H groups in total. The van der Waals surface area contributed by atoms with Crippen LogP contribution in [0.1, 0.15) is 20.8 Å². The Labute approximate surface area is 172 Å². The van der Waals surface area contributed by atoms with Crippen molar-refractivity contribution in [2.24, 2.45) is 0 Å². The molecule has 1 aromatic carbocycles. The Bertz CT molecular complexity index is 999. The highest BCUT2D eigenvalue weighted by Gasteiger charge is 2.17. The molecule has 2 aromatic heterocycles. The Morgan fingerprint density at radius 1 is 1.14 bits per heavy atom. The van der Waals surface area contributed by atoms with Gasteiger partial charge in [0, 0.05) is 22.7 Å². The number of anilines is 1. The molecular formula is C20H21N5O3S. The number of alkyl carbamates (subject to hydrolysis) is 1. The fourth-order valence-electron chi connectivity index (χ4n) is 2.39. The lowest BCUT2D eigenvalue weighted by atomic mass is 10.1. The van der Waals surface area contributed by atoms with Gasteiger partial charge in [0.15, 0.2) is 5.13 Å². The van der Waals surface area contributed by atoms with E-state index >= 15 is 0 Å². The van der Waals surface area contributed by atoms with E-state index in [1.54, 1.807) is 27.0 Å². The summed E-state index contributed by atoms with van der Waals surface area (Å²) in [6, 6.07) is 9.64. The molecule has 0 atom stereocenters. The monoisotopic (exact) mass is 411 g/mol. The molecule has 0 aliphatic rings. The van der Waals surface area contributed by atoms with E-state index in [2.05, 4.69) is 25.6 Å². The number of aromatic nitrogens is 3. The number of ether oxygens (including phenoxy) is 1. The van der Waals surface area contributed by atoms with E-state index in [9.17, 15) is 9.59 Å². The second-order valence-electron chi connectivity index (χ2n) is 7.12. The minimum absolute atomic E-state index is 0.201. The SMILES string of the molecule is CC(C)(C)OC(=O)NCC(=O)Nc1nc(-c2cccc(-c3ccncn3)c2)cs1. The maximum absolute atomic E-state index is 12.0. The smallest absolute Gasteiger partial charge is 0.408 e. The first-order valence-corrected chi connectivity index (χ1v) is 9.77. The zero-order valence-electron chi connectivity index (χ0n) is 16.3. The van der Waals surface area contributed by atoms with Gasteiger partial charge < -0.3 is 15.4 Å². The van der Waals surface area contributed by atoms with Crippen molar-refractivity contribution >= 4 is 28.5 Å². The molecule has 3 aromatic rings. The Hall–Kier alpha value is -3.33. The summed E-state index contributed by atoms with van der Waals surface area (Å²) in [5.74, 6) is -0.383. The van der Waals surface area contributed by atoms with Crippen LogP contribution < -0.4 is 10.6 Å². The average Bonchev–Trinajstić information content (AvgIpc) is 3.14. The molecule has 0 radical (unpaired) electrons. The normalized spacial score (nSPS) is 11.0. The molecule has 0 unspecified atom stereocenters. The second-order valence-corrected chi connectivity index (χ2v) is 7.98. The van der Waals surface area contributed by atoms with Crippen LogP contribution in [-0.2, 0) is 9.53 Å². The van der Waals surface area contributed by atoms with Crippen molar-refractivity contribution in [2.75, 3.05) is 11.9 Å². The van der Waals surface area contributed by atoms with Gasteiger partial charge in [-0.3, -0.25) is 4.79 Å². The highest BCUT2D eigenvalue weighted by atomic mass is 32.1. The summed E-state index contributed by atoms with van der Waals surface area (Å²) in [6.07, 6.45) is 2.55.